The maximum Gasteiger partial charge on any atom is 0.329 e. The number of imide groups is 1. The predicted octanol–water partition coefficient (Wildman–Crippen LogP) is 5.53. The largest absolute Gasteiger partial charge is 0.329 e. The highest BCUT2D eigenvalue weighted by Gasteiger charge is 2.33. The molecule has 1 aliphatic heterocycles. The van der Waals surface area contributed by atoms with Crippen molar-refractivity contribution in [3.05, 3.63) is 94.4 Å². The highest BCUT2D eigenvalue weighted by Crippen LogP contribution is 2.25. The number of carbonyl (C=O) groups excluding carboxylic acids is 2. The van der Waals surface area contributed by atoms with Crippen LogP contribution in [0.4, 0.5) is 4.79 Å². The summed E-state index contributed by atoms with van der Waals surface area (Å²) in [5.41, 5.74) is 6.69. The second-order valence-corrected chi connectivity index (χ2v) is 8.30. The van der Waals surface area contributed by atoms with Gasteiger partial charge in [0.15, 0.2) is 0 Å². The Labute approximate surface area is 189 Å². The van der Waals surface area contributed by atoms with Gasteiger partial charge in [-0.05, 0) is 67.7 Å². The molecular formula is C27H29N3O2. The lowest BCUT2D eigenvalue weighted by molar-refractivity contribution is -0.123. The smallest absolute Gasteiger partial charge is 0.318 e. The summed E-state index contributed by atoms with van der Waals surface area (Å²) in [4.78, 5) is 26.6. The molecule has 0 saturated carbocycles. The van der Waals surface area contributed by atoms with Crippen LogP contribution in [0.2, 0.25) is 0 Å². The van der Waals surface area contributed by atoms with Gasteiger partial charge >= 0.3 is 6.03 Å². The molecule has 3 aromatic rings. The lowest BCUT2D eigenvalue weighted by Gasteiger charge is -2.11. The van der Waals surface area contributed by atoms with Crippen molar-refractivity contribution in [3.63, 3.8) is 0 Å². The second kappa shape index (κ2) is 9.27. The molecule has 0 aliphatic carbocycles. The average molecular weight is 428 g/mol. The Kier molecular flexibility index (Phi) is 6.26. The molecule has 5 nitrogen and oxygen atoms in total. The molecule has 4 rings (SSSR count). The molecule has 0 spiro atoms. The van der Waals surface area contributed by atoms with E-state index in [4.69, 9.17) is 0 Å². The van der Waals surface area contributed by atoms with Crippen LogP contribution in [0, 0.1) is 13.8 Å². The monoisotopic (exact) mass is 427 g/mol. The number of amides is 3. The Balaban J connectivity index is 1.57. The highest BCUT2D eigenvalue weighted by atomic mass is 16.2. The first-order valence-corrected chi connectivity index (χ1v) is 11.1. The molecule has 2 aromatic carbocycles. The number of rotatable bonds is 7. The van der Waals surface area contributed by atoms with E-state index in [1.807, 2.05) is 43.3 Å². The van der Waals surface area contributed by atoms with E-state index in [-0.39, 0.29) is 18.5 Å². The van der Waals surface area contributed by atoms with Gasteiger partial charge in [-0.15, -0.1) is 0 Å². The number of nitrogens with one attached hydrogen (secondary N) is 1. The molecule has 1 aromatic heterocycles. The fourth-order valence-corrected chi connectivity index (χ4v) is 4.16. The minimum absolute atomic E-state index is 0.256. The van der Waals surface area contributed by atoms with Crippen LogP contribution < -0.4 is 5.32 Å². The maximum atomic E-state index is 12.9. The van der Waals surface area contributed by atoms with Gasteiger partial charge in [-0.1, -0.05) is 55.8 Å². The summed E-state index contributed by atoms with van der Waals surface area (Å²) >= 11 is 0. The van der Waals surface area contributed by atoms with E-state index >= 15 is 0 Å². The van der Waals surface area contributed by atoms with Gasteiger partial charge in [0.05, 0.1) is 6.54 Å². The zero-order chi connectivity index (χ0) is 22.7. The lowest BCUT2D eigenvalue weighted by Crippen LogP contribution is -2.30. The van der Waals surface area contributed by atoms with Crippen LogP contribution in [-0.2, 0) is 17.8 Å². The molecule has 5 heteroatoms. The van der Waals surface area contributed by atoms with E-state index < -0.39 is 0 Å². The van der Waals surface area contributed by atoms with Crippen molar-refractivity contribution in [2.45, 2.75) is 46.6 Å². The van der Waals surface area contributed by atoms with E-state index in [1.54, 1.807) is 6.08 Å². The summed E-state index contributed by atoms with van der Waals surface area (Å²) in [5.74, 6) is -0.302. The van der Waals surface area contributed by atoms with Gasteiger partial charge in [0.1, 0.15) is 5.70 Å². The number of urea groups is 1. The van der Waals surface area contributed by atoms with Crippen LogP contribution >= 0.6 is 0 Å². The third-order valence-electron chi connectivity index (χ3n) is 5.93. The van der Waals surface area contributed by atoms with Crippen LogP contribution in [0.1, 0.15) is 47.8 Å². The van der Waals surface area contributed by atoms with Crippen molar-refractivity contribution >= 4 is 18.0 Å². The summed E-state index contributed by atoms with van der Waals surface area (Å²) in [6.45, 7) is 6.55. The van der Waals surface area contributed by atoms with Gasteiger partial charge in [0.2, 0.25) is 0 Å². The number of unbranched alkanes of at least 4 members (excludes halogenated alkanes) is 1. The fraction of sp³-hybridized carbons (Fsp3) is 0.259. The van der Waals surface area contributed by atoms with Crippen molar-refractivity contribution in [2.75, 3.05) is 0 Å². The van der Waals surface area contributed by atoms with Crippen LogP contribution in [0.25, 0.3) is 11.8 Å². The SMILES string of the molecule is CCCCc1ccc(-n2c(C)cc(/C=C3/NC(=O)N(Cc4ccccc4)C3=O)c2C)cc1. The third-order valence-corrected chi connectivity index (χ3v) is 5.93. The van der Waals surface area contributed by atoms with E-state index in [0.717, 1.165) is 34.6 Å². The number of benzene rings is 2. The van der Waals surface area contributed by atoms with Crippen LogP contribution in [0.5, 0.6) is 0 Å². The van der Waals surface area contributed by atoms with Gasteiger partial charge in [0, 0.05) is 17.1 Å². The Morgan fingerprint density at radius 2 is 1.66 bits per heavy atom. The standard InChI is InChI=1S/C27H29N3O2/c1-4-5-9-21-12-14-24(15-13-21)30-19(2)16-23(20(30)3)17-25-26(31)29(27(32)28-25)18-22-10-7-6-8-11-22/h6-8,10-17H,4-5,9,18H2,1-3H3,(H,28,32)/b25-17+. The molecule has 0 atom stereocenters. The topological polar surface area (TPSA) is 54.3 Å². The van der Waals surface area contributed by atoms with Crippen LogP contribution in [0.3, 0.4) is 0 Å². The van der Waals surface area contributed by atoms with E-state index in [0.29, 0.717) is 5.70 Å². The van der Waals surface area contributed by atoms with Crippen molar-refractivity contribution in [2.24, 2.45) is 0 Å². The Hall–Kier alpha value is -3.60. The minimum Gasteiger partial charge on any atom is -0.318 e. The summed E-state index contributed by atoms with van der Waals surface area (Å²) < 4.78 is 2.18. The second-order valence-electron chi connectivity index (χ2n) is 8.30. The molecule has 1 fully saturated rings. The van der Waals surface area contributed by atoms with E-state index in [2.05, 4.69) is 48.0 Å². The summed E-state index contributed by atoms with van der Waals surface area (Å²) in [5, 5.41) is 2.73. The normalized spacial score (nSPS) is 15.0. The molecule has 1 saturated heterocycles. The first-order valence-electron chi connectivity index (χ1n) is 11.1. The van der Waals surface area contributed by atoms with Crippen molar-refractivity contribution in [1.29, 1.82) is 0 Å². The average Bonchev–Trinajstić information content (AvgIpc) is 3.22. The number of nitrogens with zero attached hydrogens (tertiary/aromatic N) is 2. The van der Waals surface area contributed by atoms with Gasteiger partial charge < -0.3 is 9.88 Å². The molecule has 1 aliphatic rings. The van der Waals surface area contributed by atoms with Gasteiger partial charge in [0.25, 0.3) is 5.91 Å². The van der Waals surface area contributed by atoms with E-state index in [1.165, 1.54) is 23.3 Å². The number of hydrogen-bond donors (Lipinski definition) is 1. The third kappa shape index (κ3) is 4.37. The van der Waals surface area contributed by atoms with E-state index in [9.17, 15) is 9.59 Å². The first-order chi connectivity index (χ1) is 15.5. The van der Waals surface area contributed by atoms with Crippen molar-refractivity contribution < 1.29 is 9.59 Å². The molecular weight excluding hydrogens is 398 g/mol. The molecule has 1 N–H and O–H groups in total. The number of hydrogen-bond acceptors (Lipinski definition) is 2. The van der Waals surface area contributed by atoms with Crippen LogP contribution in [-0.4, -0.2) is 21.4 Å². The number of carbonyl (C=O) groups is 2. The first kappa shape index (κ1) is 21.6. The quantitative estimate of drug-likeness (QED) is 0.398. The summed E-state index contributed by atoms with van der Waals surface area (Å²) in [6, 6.07) is 19.8. The maximum absolute atomic E-state index is 12.9. The molecule has 32 heavy (non-hydrogen) atoms. The number of aryl methyl sites for hydroxylation is 2. The Morgan fingerprint density at radius 1 is 0.938 bits per heavy atom. The van der Waals surface area contributed by atoms with Gasteiger partial charge in [-0.2, -0.15) is 0 Å². The molecule has 2 heterocycles. The molecule has 3 amide bonds. The zero-order valence-corrected chi connectivity index (χ0v) is 18.9. The Bertz CT molecular complexity index is 1160. The van der Waals surface area contributed by atoms with Gasteiger partial charge in [-0.25, -0.2) is 4.79 Å². The zero-order valence-electron chi connectivity index (χ0n) is 18.9. The van der Waals surface area contributed by atoms with Crippen LogP contribution in [0.15, 0.2) is 66.4 Å². The van der Waals surface area contributed by atoms with Gasteiger partial charge in [-0.3, -0.25) is 9.69 Å². The predicted molar refractivity (Wildman–Crippen MR) is 127 cm³/mol. The molecule has 164 valence electrons. The molecule has 0 radical (unpaired) electrons. The lowest BCUT2D eigenvalue weighted by atomic mass is 10.1. The Morgan fingerprint density at radius 3 is 2.34 bits per heavy atom. The van der Waals surface area contributed by atoms with Crippen molar-refractivity contribution in [1.82, 2.24) is 14.8 Å². The molecule has 0 unspecified atom stereocenters. The fourth-order valence-electron chi connectivity index (χ4n) is 4.16. The number of aromatic nitrogens is 1. The highest BCUT2D eigenvalue weighted by molar-refractivity contribution is 6.13. The molecule has 0 bridgehead atoms. The summed E-state index contributed by atoms with van der Waals surface area (Å²) in [7, 11) is 0. The minimum atomic E-state index is -0.387. The van der Waals surface area contributed by atoms with Crippen molar-refractivity contribution in [3.8, 4) is 5.69 Å². The summed E-state index contributed by atoms with van der Waals surface area (Å²) in [6.07, 6.45) is 5.26.